The molecule has 0 bridgehead atoms. The monoisotopic (exact) mass is 462 g/mol. The van der Waals surface area contributed by atoms with E-state index in [1.807, 2.05) is 30.3 Å². The number of hydrogen-bond acceptors (Lipinski definition) is 4. The highest BCUT2D eigenvalue weighted by molar-refractivity contribution is 9.11. The number of nitrogens with one attached hydrogen (secondary N) is 2. The SMILES string of the molecule is O=C(N/N=C/c1cc(O)c(Br)cc1Br)c1cc(-c2ccccc2)n[nH]1. The van der Waals surface area contributed by atoms with E-state index in [4.69, 9.17) is 0 Å². The number of hydrazone groups is 1. The largest absolute Gasteiger partial charge is 0.507 e. The predicted octanol–water partition coefficient (Wildman–Crippen LogP) is 4.07. The molecule has 25 heavy (non-hydrogen) atoms. The number of rotatable bonds is 4. The maximum atomic E-state index is 12.1. The fourth-order valence-corrected chi connectivity index (χ4v) is 3.16. The average molecular weight is 464 g/mol. The zero-order valence-corrected chi connectivity index (χ0v) is 15.9. The second-order valence-corrected chi connectivity index (χ2v) is 6.77. The van der Waals surface area contributed by atoms with Gasteiger partial charge in [-0.25, -0.2) is 5.43 Å². The lowest BCUT2D eigenvalue weighted by Gasteiger charge is -2.02. The van der Waals surface area contributed by atoms with Crippen LogP contribution in [0.1, 0.15) is 16.1 Å². The van der Waals surface area contributed by atoms with Crippen LogP contribution in [0.2, 0.25) is 0 Å². The Hall–Kier alpha value is -2.45. The molecule has 0 saturated carbocycles. The number of H-pyrrole nitrogens is 1. The van der Waals surface area contributed by atoms with Crippen LogP contribution in [0.4, 0.5) is 0 Å². The molecule has 8 heteroatoms. The fourth-order valence-electron chi connectivity index (χ4n) is 2.07. The van der Waals surface area contributed by atoms with E-state index in [9.17, 15) is 9.90 Å². The second kappa shape index (κ2) is 7.62. The number of aromatic nitrogens is 2. The molecular weight excluding hydrogens is 452 g/mol. The number of aromatic amines is 1. The fraction of sp³-hybridized carbons (Fsp3) is 0. The molecule has 126 valence electrons. The van der Waals surface area contributed by atoms with Gasteiger partial charge in [-0.15, -0.1) is 0 Å². The third-order valence-electron chi connectivity index (χ3n) is 3.33. The number of carbonyl (C=O) groups excluding carboxylic acids is 1. The Morgan fingerprint density at radius 3 is 2.68 bits per heavy atom. The highest BCUT2D eigenvalue weighted by Gasteiger charge is 2.10. The van der Waals surface area contributed by atoms with Crippen LogP contribution in [0.3, 0.4) is 0 Å². The van der Waals surface area contributed by atoms with Gasteiger partial charge in [0.2, 0.25) is 0 Å². The van der Waals surface area contributed by atoms with E-state index in [0.29, 0.717) is 21.4 Å². The molecule has 1 amide bonds. The maximum absolute atomic E-state index is 12.1. The van der Waals surface area contributed by atoms with Crippen molar-refractivity contribution in [2.75, 3.05) is 0 Å². The van der Waals surface area contributed by atoms with Crippen LogP contribution in [0, 0.1) is 0 Å². The quantitative estimate of drug-likeness (QED) is 0.402. The Kier molecular flexibility index (Phi) is 5.30. The van der Waals surface area contributed by atoms with Gasteiger partial charge in [-0.05, 0) is 34.1 Å². The molecule has 0 radical (unpaired) electrons. The minimum absolute atomic E-state index is 0.0806. The molecule has 3 rings (SSSR count). The molecule has 3 N–H and O–H groups in total. The van der Waals surface area contributed by atoms with Gasteiger partial charge in [0.15, 0.2) is 0 Å². The molecule has 0 aliphatic rings. The summed E-state index contributed by atoms with van der Waals surface area (Å²) < 4.78 is 1.29. The third kappa shape index (κ3) is 4.15. The summed E-state index contributed by atoms with van der Waals surface area (Å²) in [5.74, 6) is -0.333. The summed E-state index contributed by atoms with van der Waals surface area (Å²) in [5, 5.41) is 20.4. The van der Waals surface area contributed by atoms with Gasteiger partial charge in [-0.3, -0.25) is 9.89 Å². The van der Waals surface area contributed by atoms with E-state index in [1.54, 1.807) is 12.1 Å². The van der Waals surface area contributed by atoms with Crippen molar-refractivity contribution in [3.05, 3.63) is 68.7 Å². The molecule has 0 spiro atoms. The van der Waals surface area contributed by atoms with Crippen molar-refractivity contribution in [1.82, 2.24) is 15.6 Å². The molecule has 0 aliphatic carbocycles. The van der Waals surface area contributed by atoms with E-state index in [1.165, 1.54) is 12.3 Å². The van der Waals surface area contributed by atoms with Gasteiger partial charge in [-0.2, -0.15) is 10.2 Å². The number of amides is 1. The minimum Gasteiger partial charge on any atom is -0.507 e. The van der Waals surface area contributed by atoms with Crippen LogP contribution in [-0.2, 0) is 0 Å². The number of carbonyl (C=O) groups is 1. The summed E-state index contributed by atoms with van der Waals surface area (Å²) in [7, 11) is 0. The average Bonchev–Trinajstić information content (AvgIpc) is 3.10. The van der Waals surface area contributed by atoms with E-state index in [-0.39, 0.29) is 5.75 Å². The minimum atomic E-state index is -0.414. The van der Waals surface area contributed by atoms with Gasteiger partial charge in [0.25, 0.3) is 5.91 Å². The van der Waals surface area contributed by atoms with Gasteiger partial charge in [0.1, 0.15) is 11.4 Å². The van der Waals surface area contributed by atoms with Gasteiger partial charge in [0, 0.05) is 15.6 Å². The van der Waals surface area contributed by atoms with Crippen molar-refractivity contribution in [2.24, 2.45) is 5.10 Å². The summed E-state index contributed by atoms with van der Waals surface area (Å²) in [5.41, 5.74) is 4.93. The Bertz CT molecular complexity index is 939. The summed E-state index contributed by atoms with van der Waals surface area (Å²) in [6.07, 6.45) is 1.43. The van der Waals surface area contributed by atoms with Crippen LogP contribution in [-0.4, -0.2) is 27.4 Å². The van der Waals surface area contributed by atoms with Gasteiger partial charge < -0.3 is 5.11 Å². The van der Waals surface area contributed by atoms with Crippen molar-refractivity contribution in [3.8, 4) is 17.0 Å². The lowest BCUT2D eigenvalue weighted by atomic mass is 10.1. The Labute approximate surface area is 160 Å². The van der Waals surface area contributed by atoms with Crippen molar-refractivity contribution in [3.63, 3.8) is 0 Å². The zero-order valence-electron chi connectivity index (χ0n) is 12.7. The van der Waals surface area contributed by atoms with Gasteiger partial charge in [-0.1, -0.05) is 46.3 Å². The van der Waals surface area contributed by atoms with Gasteiger partial charge in [0.05, 0.1) is 16.4 Å². The van der Waals surface area contributed by atoms with Crippen LogP contribution in [0.15, 0.2) is 62.6 Å². The summed E-state index contributed by atoms with van der Waals surface area (Å²) in [4.78, 5) is 12.1. The highest BCUT2D eigenvalue weighted by Crippen LogP contribution is 2.29. The number of benzene rings is 2. The molecule has 1 heterocycles. The molecule has 0 fully saturated rings. The molecule has 2 aromatic carbocycles. The lowest BCUT2D eigenvalue weighted by Crippen LogP contribution is -2.18. The van der Waals surface area contributed by atoms with Crippen LogP contribution in [0.25, 0.3) is 11.3 Å². The number of phenolic OH excluding ortho intramolecular Hbond substituents is 1. The van der Waals surface area contributed by atoms with E-state index < -0.39 is 5.91 Å². The van der Waals surface area contributed by atoms with Crippen molar-refractivity contribution in [2.45, 2.75) is 0 Å². The maximum Gasteiger partial charge on any atom is 0.289 e. The number of nitrogens with zero attached hydrogens (tertiary/aromatic N) is 2. The first-order chi connectivity index (χ1) is 12.0. The molecule has 0 aliphatic heterocycles. The van der Waals surface area contributed by atoms with Crippen molar-refractivity contribution < 1.29 is 9.90 Å². The highest BCUT2D eigenvalue weighted by atomic mass is 79.9. The molecule has 3 aromatic rings. The molecule has 0 atom stereocenters. The predicted molar refractivity (Wildman–Crippen MR) is 103 cm³/mol. The summed E-state index contributed by atoms with van der Waals surface area (Å²) >= 11 is 6.58. The Balaban J connectivity index is 1.69. The van der Waals surface area contributed by atoms with E-state index in [0.717, 1.165) is 10.0 Å². The second-order valence-electron chi connectivity index (χ2n) is 5.06. The summed E-state index contributed by atoms with van der Waals surface area (Å²) in [6, 6.07) is 14.4. The smallest absolute Gasteiger partial charge is 0.289 e. The first-order valence-electron chi connectivity index (χ1n) is 7.17. The molecular formula is C17H12Br2N4O2. The Morgan fingerprint density at radius 1 is 1.16 bits per heavy atom. The first-order valence-corrected chi connectivity index (χ1v) is 8.75. The number of phenols is 1. The Morgan fingerprint density at radius 2 is 1.92 bits per heavy atom. The zero-order chi connectivity index (χ0) is 17.8. The number of aromatic hydroxyl groups is 1. The normalized spacial score (nSPS) is 11.0. The molecule has 6 nitrogen and oxygen atoms in total. The molecule has 0 saturated heterocycles. The topological polar surface area (TPSA) is 90.4 Å². The van der Waals surface area contributed by atoms with Crippen molar-refractivity contribution in [1.29, 1.82) is 0 Å². The number of halogens is 2. The third-order valence-corrected chi connectivity index (χ3v) is 4.65. The van der Waals surface area contributed by atoms with Crippen LogP contribution in [0.5, 0.6) is 5.75 Å². The van der Waals surface area contributed by atoms with Crippen molar-refractivity contribution >= 4 is 44.0 Å². The van der Waals surface area contributed by atoms with Crippen LogP contribution < -0.4 is 5.43 Å². The lowest BCUT2D eigenvalue weighted by molar-refractivity contribution is 0.0950. The van der Waals surface area contributed by atoms with E-state index >= 15 is 0 Å². The standard InChI is InChI=1S/C17H12Br2N4O2/c18-12-7-13(19)16(24)6-11(12)9-20-23-17(25)15-8-14(21-22-15)10-4-2-1-3-5-10/h1-9,24H,(H,21,22)(H,23,25)/b20-9+. The molecule has 0 unspecified atom stereocenters. The van der Waals surface area contributed by atoms with Gasteiger partial charge >= 0.3 is 0 Å². The first kappa shape index (κ1) is 17.4. The summed E-state index contributed by atoms with van der Waals surface area (Å²) in [6.45, 7) is 0. The van der Waals surface area contributed by atoms with Crippen LogP contribution >= 0.6 is 31.9 Å². The molecule has 1 aromatic heterocycles. The number of hydrogen-bond donors (Lipinski definition) is 3. The van der Waals surface area contributed by atoms with E-state index in [2.05, 4.69) is 52.6 Å².